The van der Waals surface area contributed by atoms with E-state index in [9.17, 15) is 9.59 Å². The van der Waals surface area contributed by atoms with E-state index in [0.29, 0.717) is 17.9 Å². The van der Waals surface area contributed by atoms with Crippen LogP contribution in [0.4, 0.5) is 0 Å². The van der Waals surface area contributed by atoms with Gasteiger partial charge in [-0.1, -0.05) is 30.3 Å². The quantitative estimate of drug-likeness (QED) is 0.853. The molecule has 2 N–H and O–H groups in total. The van der Waals surface area contributed by atoms with E-state index in [0.717, 1.165) is 5.56 Å². The molecule has 2 aromatic carbocycles. The average Bonchev–Trinajstić information content (AvgIpc) is 2.58. The Labute approximate surface area is 129 Å². The van der Waals surface area contributed by atoms with Gasteiger partial charge in [0.05, 0.1) is 13.7 Å². The Hall–Kier alpha value is -2.82. The number of nitrogens with one attached hydrogen (secondary N) is 2. The van der Waals surface area contributed by atoms with Crippen LogP contribution >= 0.6 is 0 Å². The molecule has 0 saturated carbocycles. The molecule has 0 atom stereocenters. The molecule has 114 valence electrons. The zero-order valence-electron chi connectivity index (χ0n) is 12.3. The van der Waals surface area contributed by atoms with Crippen molar-refractivity contribution in [1.29, 1.82) is 0 Å². The van der Waals surface area contributed by atoms with Gasteiger partial charge in [-0.2, -0.15) is 0 Å². The second-order valence-corrected chi connectivity index (χ2v) is 4.67. The number of rotatable bonds is 6. The average molecular weight is 298 g/mol. The van der Waals surface area contributed by atoms with E-state index in [2.05, 4.69) is 10.6 Å². The summed E-state index contributed by atoms with van der Waals surface area (Å²) in [6, 6.07) is 16.3. The summed E-state index contributed by atoms with van der Waals surface area (Å²) in [4.78, 5) is 23.6. The summed E-state index contributed by atoms with van der Waals surface area (Å²) in [6.45, 7) is 0.385. The third kappa shape index (κ3) is 4.63. The second kappa shape index (κ2) is 7.83. The van der Waals surface area contributed by atoms with Crippen molar-refractivity contribution in [2.45, 2.75) is 6.54 Å². The summed E-state index contributed by atoms with van der Waals surface area (Å²) >= 11 is 0. The lowest BCUT2D eigenvalue weighted by molar-refractivity contribution is -0.120. The van der Waals surface area contributed by atoms with Gasteiger partial charge in [0.25, 0.3) is 5.91 Å². The van der Waals surface area contributed by atoms with Gasteiger partial charge in [-0.15, -0.1) is 0 Å². The van der Waals surface area contributed by atoms with E-state index in [1.807, 2.05) is 30.3 Å². The van der Waals surface area contributed by atoms with Gasteiger partial charge in [-0.3, -0.25) is 9.59 Å². The van der Waals surface area contributed by atoms with Crippen molar-refractivity contribution in [3.63, 3.8) is 0 Å². The molecule has 22 heavy (non-hydrogen) atoms. The molecule has 2 amide bonds. The van der Waals surface area contributed by atoms with E-state index in [4.69, 9.17) is 4.74 Å². The lowest BCUT2D eigenvalue weighted by Gasteiger charge is -2.07. The smallest absolute Gasteiger partial charge is 0.251 e. The molecule has 0 aliphatic rings. The number of hydrogen-bond donors (Lipinski definition) is 2. The molecular formula is C17H18N2O3. The number of benzene rings is 2. The van der Waals surface area contributed by atoms with Crippen LogP contribution in [0.25, 0.3) is 0 Å². The minimum absolute atomic E-state index is 0.0578. The van der Waals surface area contributed by atoms with Crippen LogP contribution in [0.3, 0.4) is 0 Å². The summed E-state index contributed by atoms with van der Waals surface area (Å²) < 4.78 is 5.03. The minimum atomic E-state index is -0.294. The van der Waals surface area contributed by atoms with Gasteiger partial charge >= 0.3 is 0 Å². The standard InChI is InChI=1S/C17H18N2O3/c1-22-15-9-7-14(8-10-15)17(21)19-12-16(20)18-11-13-5-3-2-4-6-13/h2-10H,11-12H2,1H3,(H,18,20)(H,19,21). The van der Waals surface area contributed by atoms with Crippen LogP contribution in [0.1, 0.15) is 15.9 Å². The van der Waals surface area contributed by atoms with Crippen molar-refractivity contribution in [1.82, 2.24) is 10.6 Å². The fourth-order valence-corrected chi connectivity index (χ4v) is 1.86. The molecule has 0 bridgehead atoms. The molecule has 0 aliphatic carbocycles. The lowest BCUT2D eigenvalue weighted by atomic mass is 10.2. The third-order valence-electron chi connectivity index (χ3n) is 3.09. The third-order valence-corrected chi connectivity index (χ3v) is 3.09. The number of hydrogen-bond acceptors (Lipinski definition) is 3. The van der Waals surface area contributed by atoms with Gasteiger partial charge in [-0.05, 0) is 29.8 Å². The van der Waals surface area contributed by atoms with E-state index in [1.165, 1.54) is 0 Å². The van der Waals surface area contributed by atoms with Gasteiger partial charge in [0.15, 0.2) is 0 Å². The van der Waals surface area contributed by atoms with Gasteiger partial charge in [0.1, 0.15) is 5.75 Å². The first kappa shape index (κ1) is 15.6. The molecule has 0 aromatic heterocycles. The first-order valence-corrected chi connectivity index (χ1v) is 6.92. The molecule has 5 nitrogen and oxygen atoms in total. The van der Waals surface area contributed by atoms with Gasteiger partial charge in [-0.25, -0.2) is 0 Å². The largest absolute Gasteiger partial charge is 0.497 e. The molecule has 5 heteroatoms. The van der Waals surface area contributed by atoms with Crippen molar-refractivity contribution in [3.05, 3.63) is 65.7 Å². The van der Waals surface area contributed by atoms with Crippen LogP contribution < -0.4 is 15.4 Å². The van der Waals surface area contributed by atoms with E-state index >= 15 is 0 Å². The van der Waals surface area contributed by atoms with Gasteiger partial charge in [0, 0.05) is 12.1 Å². The number of carbonyl (C=O) groups is 2. The Morgan fingerprint density at radius 3 is 2.27 bits per heavy atom. The molecule has 0 aliphatic heterocycles. The fourth-order valence-electron chi connectivity index (χ4n) is 1.86. The van der Waals surface area contributed by atoms with Crippen LogP contribution in [-0.4, -0.2) is 25.5 Å². The van der Waals surface area contributed by atoms with Crippen LogP contribution in [0.2, 0.25) is 0 Å². The van der Waals surface area contributed by atoms with Crippen LogP contribution in [0.15, 0.2) is 54.6 Å². The predicted octanol–water partition coefficient (Wildman–Crippen LogP) is 1.74. The highest BCUT2D eigenvalue weighted by molar-refractivity contribution is 5.96. The second-order valence-electron chi connectivity index (χ2n) is 4.67. The van der Waals surface area contributed by atoms with E-state index < -0.39 is 0 Å². The summed E-state index contributed by atoms with van der Waals surface area (Å²) in [7, 11) is 1.56. The first-order valence-electron chi connectivity index (χ1n) is 6.92. The first-order chi connectivity index (χ1) is 10.7. The van der Waals surface area contributed by atoms with Crippen molar-refractivity contribution in [3.8, 4) is 5.75 Å². The molecule has 0 spiro atoms. The minimum Gasteiger partial charge on any atom is -0.497 e. The summed E-state index contributed by atoms with van der Waals surface area (Å²) in [6.07, 6.45) is 0. The van der Waals surface area contributed by atoms with Crippen molar-refractivity contribution >= 4 is 11.8 Å². The maximum Gasteiger partial charge on any atom is 0.251 e. The highest BCUT2D eigenvalue weighted by Crippen LogP contribution is 2.10. The van der Waals surface area contributed by atoms with Gasteiger partial charge < -0.3 is 15.4 Å². The molecule has 2 rings (SSSR count). The monoisotopic (exact) mass is 298 g/mol. The normalized spacial score (nSPS) is 9.86. The lowest BCUT2D eigenvalue weighted by Crippen LogP contribution is -2.36. The molecule has 2 aromatic rings. The van der Waals surface area contributed by atoms with E-state index in [-0.39, 0.29) is 18.4 Å². The summed E-state index contributed by atoms with van der Waals surface area (Å²) in [5, 5.41) is 5.33. The fraction of sp³-hybridized carbons (Fsp3) is 0.176. The zero-order valence-corrected chi connectivity index (χ0v) is 12.3. The maximum atomic E-state index is 11.9. The van der Waals surface area contributed by atoms with Crippen LogP contribution in [0, 0.1) is 0 Å². The zero-order chi connectivity index (χ0) is 15.8. The van der Waals surface area contributed by atoms with Crippen LogP contribution in [-0.2, 0) is 11.3 Å². The van der Waals surface area contributed by atoms with E-state index in [1.54, 1.807) is 31.4 Å². The molecule has 0 saturated heterocycles. The summed E-state index contributed by atoms with van der Waals surface area (Å²) in [5.41, 5.74) is 1.49. The SMILES string of the molecule is COc1ccc(C(=O)NCC(=O)NCc2ccccc2)cc1. The van der Waals surface area contributed by atoms with Crippen molar-refractivity contribution in [2.24, 2.45) is 0 Å². The highest BCUT2D eigenvalue weighted by atomic mass is 16.5. The number of ether oxygens (including phenoxy) is 1. The molecule has 0 heterocycles. The van der Waals surface area contributed by atoms with Crippen LogP contribution in [0.5, 0.6) is 5.75 Å². The van der Waals surface area contributed by atoms with Gasteiger partial charge in [0.2, 0.25) is 5.91 Å². The molecule has 0 radical (unpaired) electrons. The number of carbonyl (C=O) groups excluding carboxylic acids is 2. The summed E-state index contributed by atoms with van der Waals surface area (Å²) in [5.74, 6) is 0.153. The molecule has 0 fully saturated rings. The Morgan fingerprint density at radius 1 is 0.955 bits per heavy atom. The Bertz CT molecular complexity index is 624. The highest BCUT2D eigenvalue weighted by Gasteiger charge is 2.08. The Kier molecular flexibility index (Phi) is 5.54. The Morgan fingerprint density at radius 2 is 1.64 bits per heavy atom. The Balaban J connectivity index is 1.76. The molecular weight excluding hydrogens is 280 g/mol. The van der Waals surface area contributed by atoms with Crippen molar-refractivity contribution < 1.29 is 14.3 Å². The molecule has 0 unspecified atom stereocenters. The topological polar surface area (TPSA) is 67.4 Å². The maximum absolute atomic E-state index is 11.9. The number of methoxy groups -OCH3 is 1. The van der Waals surface area contributed by atoms with Crippen molar-refractivity contribution in [2.75, 3.05) is 13.7 Å². The number of amides is 2. The predicted molar refractivity (Wildman–Crippen MR) is 83.6 cm³/mol.